The molecule has 2 aromatic rings. The van der Waals surface area contributed by atoms with Crippen LogP contribution in [-0.4, -0.2) is 103 Å². The molecule has 0 bridgehead atoms. The van der Waals surface area contributed by atoms with Crippen LogP contribution in [0.1, 0.15) is 15.9 Å². The number of hydrogen-bond acceptors (Lipinski definition) is 10. The summed E-state index contributed by atoms with van der Waals surface area (Å²) in [5.41, 5.74) is 0.390. The highest BCUT2D eigenvalue weighted by Gasteiger charge is 2.31. The lowest BCUT2D eigenvalue weighted by Crippen LogP contribution is -2.52. The number of halogens is 3. The van der Waals surface area contributed by atoms with Crippen LogP contribution in [0.15, 0.2) is 60.7 Å². The van der Waals surface area contributed by atoms with Crippen LogP contribution in [0, 0.1) is 10.1 Å². The first-order valence-corrected chi connectivity index (χ1v) is 13.3. The van der Waals surface area contributed by atoms with Crippen molar-refractivity contribution in [2.45, 2.75) is 6.18 Å². The van der Waals surface area contributed by atoms with Gasteiger partial charge < -0.3 is 29.6 Å². The van der Waals surface area contributed by atoms with Gasteiger partial charge in [0, 0.05) is 88.8 Å². The van der Waals surface area contributed by atoms with Gasteiger partial charge in [0.25, 0.3) is 11.6 Å². The summed E-state index contributed by atoms with van der Waals surface area (Å²) in [5, 5.41) is 29.6. The van der Waals surface area contributed by atoms with Crippen LogP contribution < -0.4 is 15.1 Å². The van der Waals surface area contributed by atoms with Gasteiger partial charge in [0.05, 0.1) is 22.4 Å². The van der Waals surface area contributed by atoms with Crippen LogP contribution >= 0.6 is 0 Å². The van der Waals surface area contributed by atoms with Gasteiger partial charge in [-0.15, -0.1) is 0 Å². The third-order valence-corrected chi connectivity index (χ3v) is 6.98. The number of alkyl halides is 3. The fourth-order valence-electron chi connectivity index (χ4n) is 4.61. The predicted molar refractivity (Wildman–Crippen MR) is 145 cm³/mol. The summed E-state index contributed by atoms with van der Waals surface area (Å²) in [5.74, 6) is -3.21. The number of carbonyl (C=O) groups is 3. The monoisotopic (exact) mass is 605 g/mol. The second-order valence-electron chi connectivity index (χ2n) is 9.79. The number of carboxylic acids is 2. The van der Waals surface area contributed by atoms with E-state index in [1.807, 2.05) is 4.90 Å². The van der Waals surface area contributed by atoms with Gasteiger partial charge in [0.15, 0.2) is 0 Å². The van der Waals surface area contributed by atoms with Crippen molar-refractivity contribution >= 4 is 29.2 Å². The molecule has 0 saturated carbocycles. The molecule has 12 nitrogen and oxygen atoms in total. The molecule has 2 aliphatic rings. The first kappa shape index (κ1) is 33.0. The number of amides is 1. The van der Waals surface area contributed by atoms with Gasteiger partial charge in [-0.2, -0.15) is 13.2 Å². The average Bonchev–Trinajstić information content (AvgIpc) is 2.99. The fraction of sp³-hybridized carbons (Fsp3) is 0.393. The highest BCUT2D eigenvalue weighted by atomic mass is 19.4. The molecule has 2 fully saturated rings. The number of carboxylic acid groups (broad SMARTS) is 2. The number of piperazine rings is 2. The molecule has 2 heterocycles. The van der Waals surface area contributed by atoms with Crippen LogP contribution in [0.4, 0.5) is 24.5 Å². The van der Waals surface area contributed by atoms with E-state index in [1.165, 1.54) is 36.4 Å². The van der Waals surface area contributed by atoms with Crippen molar-refractivity contribution in [3.8, 4) is 0 Å². The Bertz CT molecular complexity index is 1290. The van der Waals surface area contributed by atoms with Crippen molar-refractivity contribution in [3.05, 3.63) is 81.9 Å². The summed E-state index contributed by atoms with van der Waals surface area (Å²) < 4.78 is 39.0. The van der Waals surface area contributed by atoms with Gasteiger partial charge >= 0.3 is 6.18 Å². The zero-order valence-electron chi connectivity index (χ0n) is 23.1. The highest BCUT2D eigenvalue weighted by Crippen LogP contribution is 2.31. The molecule has 0 unspecified atom stereocenters. The molecule has 1 amide bonds. The number of carbonyl (C=O) groups excluding carboxylic acids is 3. The average molecular weight is 606 g/mol. The van der Waals surface area contributed by atoms with Crippen molar-refractivity contribution < 1.29 is 42.7 Å². The van der Waals surface area contributed by atoms with Crippen molar-refractivity contribution in [1.29, 1.82) is 0 Å². The first-order valence-electron chi connectivity index (χ1n) is 13.3. The minimum absolute atomic E-state index is 0.0398. The lowest BCUT2D eigenvalue weighted by Gasteiger charge is -2.39. The number of hydrogen-bond donors (Lipinski definition) is 0. The summed E-state index contributed by atoms with van der Waals surface area (Å²) >= 11 is 0. The summed E-state index contributed by atoms with van der Waals surface area (Å²) in [4.78, 5) is 50.2. The number of nitrogens with zero attached hydrogens (tertiary/aromatic N) is 5. The standard InChI is InChI=1S/C24H28F3N5O3.C4H4O4/c25-24(26,27)20-2-1-3-22(18-20)30-14-10-28(11-15-30)8-9-29-12-16-31(17-13-29)23(33)19-4-6-21(7-5-19)32(34)35;5-3(6)1-2-4(7)8/h1-7,18H,8-17H2;1-2H,(H,5,6)(H,7,8)/p-2. The minimum atomic E-state index is -4.34. The van der Waals surface area contributed by atoms with E-state index < -0.39 is 28.6 Å². The van der Waals surface area contributed by atoms with Gasteiger partial charge in [-0.1, -0.05) is 6.07 Å². The second-order valence-corrected chi connectivity index (χ2v) is 9.79. The molecule has 0 aliphatic carbocycles. The third kappa shape index (κ3) is 10.4. The summed E-state index contributed by atoms with van der Waals surface area (Å²) in [6.45, 7) is 7.36. The lowest BCUT2D eigenvalue weighted by molar-refractivity contribution is -0.384. The molecule has 2 aliphatic heterocycles. The van der Waals surface area contributed by atoms with E-state index in [9.17, 15) is 47.9 Å². The van der Waals surface area contributed by atoms with E-state index in [0.29, 0.717) is 49.6 Å². The van der Waals surface area contributed by atoms with E-state index in [4.69, 9.17) is 0 Å². The van der Waals surface area contributed by atoms with Gasteiger partial charge in [0.2, 0.25) is 0 Å². The third-order valence-electron chi connectivity index (χ3n) is 6.98. The van der Waals surface area contributed by atoms with Gasteiger partial charge in [-0.25, -0.2) is 0 Å². The van der Waals surface area contributed by atoms with Crippen molar-refractivity contribution in [2.75, 3.05) is 70.3 Å². The summed E-state index contributed by atoms with van der Waals surface area (Å²) in [7, 11) is 0. The number of aliphatic carboxylic acids is 2. The smallest absolute Gasteiger partial charge is 0.416 e. The predicted octanol–water partition coefficient (Wildman–Crippen LogP) is 0.236. The van der Waals surface area contributed by atoms with E-state index in [0.717, 1.165) is 45.3 Å². The molecule has 2 saturated heterocycles. The quantitative estimate of drug-likeness (QED) is 0.232. The zero-order valence-corrected chi connectivity index (χ0v) is 23.1. The number of non-ortho nitro benzene ring substituents is 1. The number of benzene rings is 2. The molecule has 232 valence electrons. The van der Waals surface area contributed by atoms with E-state index in [1.54, 1.807) is 11.0 Å². The molecular weight excluding hydrogens is 575 g/mol. The normalized spacial score (nSPS) is 16.4. The SMILES string of the molecule is O=C([O-])C=CC(=O)[O-].O=C(c1ccc([N+](=O)[O-])cc1)N1CCN(CCN2CCN(c3cccc(C(F)(F)F)c3)CC2)CC1. The Hall–Kier alpha value is -4.50. The van der Waals surface area contributed by atoms with Crippen LogP contribution in [0.5, 0.6) is 0 Å². The van der Waals surface area contributed by atoms with Crippen LogP contribution in [-0.2, 0) is 15.8 Å². The molecule has 2 aromatic carbocycles. The molecule has 0 spiro atoms. The zero-order chi connectivity index (χ0) is 31.6. The maximum atomic E-state index is 13.0. The Balaban J connectivity index is 0.000000557. The Morgan fingerprint density at radius 1 is 0.791 bits per heavy atom. The van der Waals surface area contributed by atoms with Crippen molar-refractivity contribution in [1.82, 2.24) is 14.7 Å². The van der Waals surface area contributed by atoms with Gasteiger partial charge in [0.1, 0.15) is 0 Å². The van der Waals surface area contributed by atoms with Gasteiger partial charge in [-0.3, -0.25) is 24.7 Å². The molecule has 0 N–H and O–H groups in total. The van der Waals surface area contributed by atoms with Crippen molar-refractivity contribution in [3.63, 3.8) is 0 Å². The van der Waals surface area contributed by atoms with Gasteiger partial charge in [-0.05, 0) is 42.5 Å². The van der Waals surface area contributed by atoms with E-state index >= 15 is 0 Å². The topological polar surface area (TPSA) is 153 Å². The second kappa shape index (κ2) is 15.1. The molecule has 0 aromatic heterocycles. The minimum Gasteiger partial charge on any atom is -0.545 e. The summed E-state index contributed by atoms with van der Waals surface area (Å²) in [6, 6.07) is 11.2. The maximum absolute atomic E-state index is 13.0. The Labute approximate surface area is 245 Å². The molecule has 0 atom stereocenters. The molecule has 15 heteroatoms. The highest BCUT2D eigenvalue weighted by molar-refractivity contribution is 5.94. The molecule has 43 heavy (non-hydrogen) atoms. The largest absolute Gasteiger partial charge is 0.545 e. The number of rotatable bonds is 8. The van der Waals surface area contributed by atoms with E-state index in [-0.39, 0.29) is 11.6 Å². The first-order chi connectivity index (χ1) is 20.3. The van der Waals surface area contributed by atoms with Crippen LogP contribution in [0.25, 0.3) is 0 Å². The van der Waals surface area contributed by atoms with Crippen LogP contribution in [0.3, 0.4) is 0 Å². The maximum Gasteiger partial charge on any atom is 0.416 e. The Kier molecular flexibility index (Phi) is 11.6. The molecule has 0 radical (unpaired) electrons. The molecular formula is C28H30F3N5O7-2. The van der Waals surface area contributed by atoms with Crippen LogP contribution in [0.2, 0.25) is 0 Å². The molecule has 4 rings (SSSR count). The fourth-order valence-corrected chi connectivity index (χ4v) is 4.61. The Morgan fingerprint density at radius 3 is 1.77 bits per heavy atom. The number of nitro benzene ring substituents is 1. The van der Waals surface area contributed by atoms with Crippen molar-refractivity contribution in [2.24, 2.45) is 0 Å². The number of anilines is 1. The number of nitro groups is 1. The van der Waals surface area contributed by atoms with E-state index in [2.05, 4.69) is 9.80 Å². The summed E-state index contributed by atoms with van der Waals surface area (Å²) in [6.07, 6.45) is -3.57. The Morgan fingerprint density at radius 2 is 1.30 bits per heavy atom. The lowest BCUT2D eigenvalue weighted by atomic mass is 10.1.